The summed E-state index contributed by atoms with van der Waals surface area (Å²) in [6.07, 6.45) is 0.780. The highest BCUT2D eigenvalue weighted by atomic mass is 19.3. The van der Waals surface area contributed by atoms with Crippen LogP contribution in [0.15, 0.2) is 47.4 Å². The van der Waals surface area contributed by atoms with Crippen molar-refractivity contribution in [3.8, 4) is 0 Å². The lowest BCUT2D eigenvalue weighted by atomic mass is 9.77. The van der Waals surface area contributed by atoms with E-state index in [4.69, 9.17) is 0 Å². The molecule has 0 saturated heterocycles. The zero-order valence-corrected chi connectivity index (χ0v) is 14.9. The highest BCUT2D eigenvalue weighted by Gasteiger charge is 2.45. The summed E-state index contributed by atoms with van der Waals surface area (Å²) in [5.41, 5.74) is 0.369. The van der Waals surface area contributed by atoms with Crippen molar-refractivity contribution in [1.29, 1.82) is 0 Å². The van der Waals surface area contributed by atoms with Gasteiger partial charge in [0.25, 0.3) is 11.5 Å². The number of carbonyl (C=O) groups excluding carboxylic acids is 2. The predicted molar refractivity (Wildman–Crippen MR) is 96.3 cm³/mol. The first-order valence-electron chi connectivity index (χ1n) is 8.70. The molecule has 0 radical (unpaired) electrons. The Bertz CT molecular complexity index is 915. The minimum atomic E-state index is -2.69. The zero-order chi connectivity index (χ0) is 19.6. The first kappa shape index (κ1) is 18.9. The SMILES string of the molecule is CNC(=O)c1cc(C(=O)CC2CC(F)(F)C2)cn(Cc2ccccc2)c1=O. The lowest BCUT2D eigenvalue weighted by Gasteiger charge is -2.34. The third-order valence-electron chi connectivity index (χ3n) is 4.72. The van der Waals surface area contributed by atoms with Crippen molar-refractivity contribution >= 4 is 11.7 Å². The lowest BCUT2D eigenvalue weighted by molar-refractivity contribution is -0.109. The van der Waals surface area contributed by atoms with E-state index >= 15 is 0 Å². The summed E-state index contributed by atoms with van der Waals surface area (Å²) < 4.78 is 27.3. The van der Waals surface area contributed by atoms with Crippen LogP contribution in [0, 0.1) is 5.92 Å². The average Bonchev–Trinajstić information content (AvgIpc) is 2.62. The highest BCUT2D eigenvalue weighted by molar-refractivity contribution is 6.00. The fraction of sp³-hybridized carbons (Fsp3) is 0.350. The highest BCUT2D eigenvalue weighted by Crippen LogP contribution is 2.44. The van der Waals surface area contributed by atoms with Gasteiger partial charge in [-0.15, -0.1) is 0 Å². The number of halogens is 2. The Hall–Kier alpha value is -2.83. The quantitative estimate of drug-likeness (QED) is 0.791. The molecule has 1 aliphatic carbocycles. The number of alkyl halides is 2. The molecule has 0 atom stereocenters. The van der Waals surface area contributed by atoms with Gasteiger partial charge in [-0.3, -0.25) is 14.4 Å². The number of Topliss-reactive ketones (excluding diaryl/α,β-unsaturated/α-hetero) is 1. The summed E-state index contributed by atoms with van der Waals surface area (Å²) in [7, 11) is 1.40. The van der Waals surface area contributed by atoms with E-state index in [1.54, 1.807) is 0 Å². The molecule has 1 aliphatic rings. The van der Waals surface area contributed by atoms with Gasteiger partial charge in [0.2, 0.25) is 5.92 Å². The Morgan fingerprint density at radius 1 is 1.22 bits per heavy atom. The summed E-state index contributed by atoms with van der Waals surface area (Å²) in [6, 6.07) is 10.4. The van der Waals surface area contributed by atoms with Crippen LogP contribution in [0.3, 0.4) is 0 Å². The largest absolute Gasteiger partial charge is 0.355 e. The second-order valence-corrected chi connectivity index (χ2v) is 6.90. The van der Waals surface area contributed by atoms with Gasteiger partial charge in [0.15, 0.2) is 5.78 Å². The molecule has 0 aliphatic heterocycles. The molecule has 1 aromatic heterocycles. The van der Waals surface area contributed by atoms with Gasteiger partial charge in [-0.1, -0.05) is 30.3 Å². The van der Waals surface area contributed by atoms with Crippen LogP contribution in [-0.4, -0.2) is 29.2 Å². The van der Waals surface area contributed by atoms with Crippen LogP contribution in [0.4, 0.5) is 8.78 Å². The monoisotopic (exact) mass is 374 g/mol. The molecule has 7 heteroatoms. The molecule has 0 bridgehead atoms. The van der Waals surface area contributed by atoms with Crippen LogP contribution < -0.4 is 10.9 Å². The smallest absolute Gasteiger partial charge is 0.263 e. The van der Waals surface area contributed by atoms with Gasteiger partial charge in [0.1, 0.15) is 5.56 Å². The van der Waals surface area contributed by atoms with E-state index in [9.17, 15) is 23.2 Å². The van der Waals surface area contributed by atoms with Crippen LogP contribution in [-0.2, 0) is 6.54 Å². The Morgan fingerprint density at radius 3 is 2.48 bits per heavy atom. The van der Waals surface area contributed by atoms with Crippen molar-refractivity contribution in [2.75, 3.05) is 7.05 Å². The lowest BCUT2D eigenvalue weighted by Crippen LogP contribution is -2.37. The molecule has 1 heterocycles. The first-order chi connectivity index (χ1) is 12.8. The number of pyridine rings is 1. The van der Waals surface area contributed by atoms with E-state index in [1.807, 2.05) is 30.3 Å². The molecular weight excluding hydrogens is 354 g/mol. The maximum atomic E-state index is 13.0. The number of benzene rings is 1. The summed E-state index contributed by atoms with van der Waals surface area (Å²) in [6.45, 7) is 0.201. The topological polar surface area (TPSA) is 68.2 Å². The number of hydrogen-bond acceptors (Lipinski definition) is 3. The van der Waals surface area contributed by atoms with Crippen molar-refractivity contribution in [3.63, 3.8) is 0 Å². The van der Waals surface area contributed by atoms with Crippen molar-refractivity contribution in [2.24, 2.45) is 5.92 Å². The Morgan fingerprint density at radius 2 is 1.89 bits per heavy atom. The third-order valence-corrected chi connectivity index (χ3v) is 4.72. The van der Waals surface area contributed by atoms with Gasteiger partial charge < -0.3 is 9.88 Å². The summed E-state index contributed by atoms with van der Waals surface area (Å²) in [5.74, 6) is -4.00. The van der Waals surface area contributed by atoms with Crippen molar-refractivity contribution in [1.82, 2.24) is 9.88 Å². The van der Waals surface area contributed by atoms with E-state index < -0.39 is 17.4 Å². The molecule has 142 valence electrons. The number of amides is 1. The second kappa shape index (κ2) is 7.42. The van der Waals surface area contributed by atoms with Crippen LogP contribution in [0.5, 0.6) is 0 Å². The Kier molecular flexibility index (Phi) is 5.21. The number of rotatable bonds is 6. The van der Waals surface area contributed by atoms with E-state index in [1.165, 1.54) is 23.9 Å². The molecule has 1 N–H and O–H groups in total. The molecule has 1 amide bonds. The average molecular weight is 374 g/mol. The number of carbonyl (C=O) groups is 2. The van der Waals surface area contributed by atoms with Gasteiger partial charge in [-0.25, -0.2) is 8.78 Å². The molecule has 5 nitrogen and oxygen atoms in total. The number of hydrogen-bond donors (Lipinski definition) is 1. The van der Waals surface area contributed by atoms with Crippen molar-refractivity contribution in [3.05, 3.63) is 69.6 Å². The summed E-state index contributed by atoms with van der Waals surface area (Å²) in [4.78, 5) is 37.2. The van der Waals surface area contributed by atoms with Crippen LogP contribution in [0.1, 0.15) is 45.5 Å². The maximum Gasteiger partial charge on any atom is 0.263 e. The molecule has 3 rings (SSSR count). The predicted octanol–water partition coefficient (Wildman–Crippen LogP) is 2.87. The molecule has 2 aromatic rings. The molecule has 1 saturated carbocycles. The third kappa shape index (κ3) is 4.30. The van der Waals surface area contributed by atoms with E-state index in [0.717, 1.165) is 5.56 Å². The summed E-state index contributed by atoms with van der Waals surface area (Å²) >= 11 is 0. The van der Waals surface area contributed by atoms with Gasteiger partial charge >= 0.3 is 0 Å². The normalized spacial score (nSPS) is 15.8. The standard InChI is InChI=1S/C20H20F2N2O3/c1-23-18(26)16-8-15(17(25)7-14-9-20(21,22)10-14)12-24(19(16)27)11-13-5-3-2-4-6-13/h2-6,8,12,14H,7,9-11H2,1H3,(H,23,26). The molecular formula is C20H20F2N2O3. The van der Waals surface area contributed by atoms with Crippen LogP contribution >= 0.6 is 0 Å². The molecule has 0 unspecified atom stereocenters. The van der Waals surface area contributed by atoms with Gasteiger partial charge in [0, 0.05) is 38.1 Å². The minimum absolute atomic E-state index is 0.0215. The van der Waals surface area contributed by atoms with E-state index in [0.29, 0.717) is 0 Å². The van der Waals surface area contributed by atoms with Crippen LogP contribution in [0.2, 0.25) is 0 Å². The van der Waals surface area contributed by atoms with Crippen molar-refractivity contribution in [2.45, 2.75) is 31.7 Å². The molecule has 1 aromatic carbocycles. The zero-order valence-electron chi connectivity index (χ0n) is 14.9. The van der Waals surface area contributed by atoms with Gasteiger partial charge in [-0.2, -0.15) is 0 Å². The molecule has 27 heavy (non-hydrogen) atoms. The van der Waals surface area contributed by atoms with E-state index in [2.05, 4.69) is 5.32 Å². The van der Waals surface area contributed by atoms with Crippen LogP contribution in [0.25, 0.3) is 0 Å². The maximum absolute atomic E-state index is 13.0. The Labute approximate surface area is 155 Å². The molecule has 1 fully saturated rings. The van der Waals surface area contributed by atoms with Crippen molar-refractivity contribution < 1.29 is 18.4 Å². The fourth-order valence-electron chi connectivity index (χ4n) is 3.29. The molecule has 0 spiro atoms. The fourth-order valence-corrected chi connectivity index (χ4v) is 3.29. The van der Waals surface area contributed by atoms with E-state index in [-0.39, 0.29) is 48.6 Å². The number of aromatic nitrogens is 1. The minimum Gasteiger partial charge on any atom is -0.355 e. The summed E-state index contributed by atoms with van der Waals surface area (Å²) in [5, 5.41) is 2.39. The van der Waals surface area contributed by atoms with Gasteiger partial charge in [0.05, 0.1) is 6.54 Å². The Balaban J connectivity index is 1.91. The first-order valence-corrected chi connectivity index (χ1v) is 8.70. The number of nitrogens with zero attached hydrogens (tertiary/aromatic N) is 1. The van der Waals surface area contributed by atoms with Gasteiger partial charge in [-0.05, 0) is 17.5 Å². The second-order valence-electron chi connectivity index (χ2n) is 6.90. The number of ketones is 1. The number of nitrogens with one attached hydrogen (secondary N) is 1.